The van der Waals surface area contributed by atoms with Gasteiger partial charge in [-0.15, -0.1) is 0 Å². The van der Waals surface area contributed by atoms with Crippen LogP contribution in [0.4, 0.5) is 0 Å². The third-order valence-electron chi connectivity index (χ3n) is 5.93. The van der Waals surface area contributed by atoms with Gasteiger partial charge in [-0.25, -0.2) is 0 Å². The summed E-state index contributed by atoms with van der Waals surface area (Å²) < 4.78 is 10.6. The highest BCUT2D eigenvalue weighted by atomic mass is 35.5. The number of Topliss-reactive ketones (excluding diaryl/α,β-unsaturated/α-hetero) is 1. The van der Waals surface area contributed by atoms with Crippen LogP contribution in [0.15, 0.2) is 48.0 Å². The largest absolute Gasteiger partial charge is 0.507 e. The Hall–Kier alpha value is -3.03. The molecule has 1 fully saturated rings. The molecule has 1 N–H and O–H groups in total. The summed E-state index contributed by atoms with van der Waals surface area (Å²) in [5, 5.41) is 11.8. The molecule has 1 aliphatic rings. The Labute approximate surface area is 199 Å². The fraction of sp³-hybridized carbons (Fsp3) is 0.360. The van der Waals surface area contributed by atoms with Gasteiger partial charge in [-0.3, -0.25) is 9.59 Å². The number of ether oxygens (including phenoxy) is 2. The van der Waals surface area contributed by atoms with Crippen LogP contribution < -0.4 is 9.47 Å². The number of aliphatic hydroxyl groups excluding tert-OH is 1. The lowest BCUT2D eigenvalue weighted by atomic mass is 9.95. The number of hydrogen-bond acceptors (Lipinski definition) is 6. The molecule has 0 aliphatic carbocycles. The number of nitrogens with zero attached hydrogens (tertiary/aromatic N) is 2. The lowest BCUT2D eigenvalue weighted by Gasteiger charge is -2.28. The maximum atomic E-state index is 13.1. The van der Waals surface area contributed by atoms with E-state index in [4.69, 9.17) is 21.1 Å². The molecule has 2 aromatic carbocycles. The Kier molecular flexibility index (Phi) is 8.00. The van der Waals surface area contributed by atoms with E-state index < -0.39 is 17.7 Å². The van der Waals surface area contributed by atoms with Crippen LogP contribution in [-0.4, -0.2) is 67.0 Å². The van der Waals surface area contributed by atoms with Crippen molar-refractivity contribution in [1.82, 2.24) is 9.80 Å². The molecule has 1 amide bonds. The van der Waals surface area contributed by atoms with Crippen LogP contribution in [0.2, 0.25) is 5.02 Å². The van der Waals surface area contributed by atoms with Gasteiger partial charge in [-0.05, 0) is 49.0 Å². The van der Waals surface area contributed by atoms with Crippen molar-refractivity contribution >= 4 is 29.1 Å². The number of likely N-dealkylation sites (N-methyl/N-ethyl adjacent to an activating group) is 1. The second kappa shape index (κ2) is 10.7. The predicted molar refractivity (Wildman–Crippen MR) is 128 cm³/mol. The maximum absolute atomic E-state index is 13.1. The maximum Gasteiger partial charge on any atom is 0.295 e. The number of carbonyl (C=O) groups excluding carboxylic acids is 2. The van der Waals surface area contributed by atoms with Crippen molar-refractivity contribution in [2.45, 2.75) is 19.9 Å². The lowest BCUT2D eigenvalue weighted by molar-refractivity contribution is -0.140. The standard InChI is InChI=1S/C25H29ClN2O5/c1-5-27(6-2)13-14-28-22(16-7-10-18(26)11-8-16)21(24(30)25(28)31)23(29)17-9-12-19(32-3)20(15-17)33-4/h7-12,15,22,29H,5-6,13-14H2,1-4H3/t22-/m1/s1. The van der Waals surface area contributed by atoms with Crippen LogP contribution in [0.3, 0.4) is 0 Å². The van der Waals surface area contributed by atoms with E-state index in [0.717, 1.165) is 13.1 Å². The van der Waals surface area contributed by atoms with Gasteiger partial charge in [-0.2, -0.15) is 0 Å². The number of rotatable bonds is 9. The van der Waals surface area contributed by atoms with E-state index in [0.29, 0.717) is 40.7 Å². The first-order valence-electron chi connectivity index (χ1n) is 10.8. The topological polar surface area (TPSA) is 79.3 Å². The molecule has 7 nitrogen and oxygen atoms in total. The number of amides is 1. The molecule has 0 bridgehead atoms. The zero-order valence-electron chi connectivity index (χ0n) is 19.3. The molecule has 0 unspecified atom stereocenters. The SMILES string of the molecule is CCN(CC)CCN1C(=O)C(=O)C(=C(O)c2ccc(OC)c(OC)c2)[C@H]1c1ccc(Cl)cc1. The minimum atomic E-state index is -0.731. The fourth-order valence-electron chi connectivity index (χ4n) is 4.03. The van der Waals surface area contributed by atoms with Crippen LogP contribution in [0.1, 0.15) is 31.0 Å². The molecule has 3 rings (SSSR count). The van der Waals surface area contributed by atoms with Gasteiger partial charge < -0.3 is 24.4 Å². The molecular weight excluding hydrogens is 444 g/mol. The predicted octanol–water partition coefficient (Wildman–Crippen LogP) is 4.12. The minimum Gasteiger partial charge on any atom is -0.507 e. The summed E-state index contributed by atoms with van der Waals surface area (Å²) in [6.45, 7) is 6.72. The van der Waals surface area contributed by atoms with E-state index in [9.17, 15) is 14.7 Å². The quantitative estimate of drug-likeness (QED) is 0.336. The molecule has 0 aromatic heterocycles. The molecular formula is C25H29ClN2O5. The summed E-state index contributed by atoms with van der Waals surface area (Å²) in [7, 11) is 3.00. The minimum absolute atomic E-state index is 0.0362. The van der Waals surface area contributed by atoms with Crippen LogP contribution in [0.5, 0.6) is 11.5 Å². The Morgan fingerprint density at radius 3 is 2.24 bits per heavy atom. The number of hydrogen-bond donors (Lipinski definition) is 1. The van der Waals surface area contributed by atoms with E-state index in [1.807, 2.05) is 13.8 Å². The number of aliphatic hydroxyl groups is 1. The van der Waals surface area contributed by atoms with E-state index >= 15 is 0 Å². The Bertz CT molecular complexity index is 1050. The van der Waals surface area contributed by atoms with Crippen molar-refractivity contribution in [3.63, 3.8) is 0 Å². The van der Waals surface area contributed by atoms with Crippen LogP contribution >= 0.6 is 11.6 Å². The molecule has 8 heteroatoms. The first-order valence-corrected chi connectivity index (χ1v) is 11.2. The van der Waals surface area contributed by atoms with Gasteiger partial charge in [0.25, 0.3) is 11.7 Å². The third-order valence-corrected chi connectivity index (χ3v) is 6.19. The smallest absolute Gasteiger partial charge is 0.295 e. The van der Waals surface area contributed by atoms with Gasteiger partial charge in [0.2, 0.25) is 0 Å². The van der Waals surface area contributed by atoms with Crippen molar-refractivity contribution in [3.05, 3.63) is 64.2 Å². The Balaban J connectivity index is 2.12. The fourth-order valence-corrected chi connectivity index (χ4v) is 4.16. The number of likely N-dealkylation sites (tertiary alicyclic amines) is 1. The summed E-state index contributed by atoms with van der Waals surface area (Å²) in [6.07, 6.45) is 0. The molecule has 0 saturated carbocycles. The van der Waals surface area contributed by atoms with Gasteiger partial charge in [0, 0.05) is 23.7 Å². The number of methoxy groups -OCH3 is 2. The second-order valence-electron chi connectivity index (χ2n) is 7.64. The molecule has 0 spiro atoms. The van der Waals surface area contributed by atoms with Crippen LogP contribution in [0, 0.1) is 0 Å². The highest BCUT2D eigenvalue weighted by molar-refractivity contribution is 6.46. The average Bonchev–Trinajstić information content (AvgIpc) is 3.09. The zero-order valence-corrected chi connectivity index (χ0v) is 20.1. The Morgan fingerprint density at radius 2 is 1.67 bits per heavy atom. The molecule has 33 heavy (non-hydrogen) atoms. The highest BCUT2D eigenvalue weighted by Gasteiger charge is 2.46. The summed E-state index contributed by atoms with van der Waals surface area (Å²) in [6, 6.07) is 11.1. The molecule has 1 heterocycles. The van der Waals surface area contributed by atoms with E-state index in [1.165, 1.54) is 19.1 Å². The van der Waals surface area contributed by atoms with Gasteiger partial charge in [0.05, 0.1) is 25.8 Å². The lowest BCUT2D eigenvalue weighted by Crippen LogP contribution is -2.38. The van der Waals surface area contributed by atoms with Crippen molar-refractivity contribution in [1.29, 1.82) is 0 Å². The molecule has 1 aliphatic heterocycles. The van der Waals surface area contributed by atoms with Gasteiger partial charge >= 0.3 is 0 Å². The summed E-state index contributed by atoms with van der Waals surface area (Å²) >= 11 is 6.07. The highest BCUT2D eigenvalue weighted by Crippen LogP contribution is 2.40. The molecule has 1 atom stereocenters. The third kappa shape index (κ3) is 4.99. The number of halogens is 1. The number of ketones is 1. The van der Waals surface area contributed by atoms with Crippen LogP contribution in [0.25, 0.3) is 5.76 Å². The van der Waals surface area contributed by atoms with Crippen molar-refractivity contribution in [2.24, 2.45) is 0 Å². The van der Waals surface area contributed by atoms with E-state index in [-0.39, 0.29) is 11.3 Å². The average molecular weight is 473 g/mol. The van der Waals surface area contributed by atoms with Crippen molar-refractivity contribution in [2.75, 3.05) is 40.4 Å². The number of carbonyl (C=O) groups is 2. The molecule has 176 valence electrons. The van der Waals surface area contributed by atoms with E-state index in [2.05, 4.69) is 4.90 Å². The van der Waals surface area contributed by atoms with Gasteiger partial charge in [0.1, 0.15) is 5.76 Å². The van der Waals surface area contributed by atoms with E-state index in [1.54, 1.807) is 42.5 Å². The summed E-state index contributed by atoms with van der Waals surface area (Å²) in [4.78, 5) is 29.9. The second-order valence-corrected chi connectivity index (χ2v) is 8.08. The van der Waals surface area contributed by atoms with Gasteiger partial charge in [0.15, 0.2) is 11.5 Å². The summed E-state index contributed by atoms with van der Waals surface area (Å²) in [5.41, 5.74) is 1.09. The number of benzene rings is 2. The zero-order chi connectivity index (χ0) is 24.1. The molecule has 2 aromatic rings. The first-order chi connectivity index (χ1) is 15.9. The van der Waals surface area contributed by atoms with Crippen molar-refractivity contribution < 1.29 is 24.2 Å². The van der Waals surface area contributed by atoms with Crippen molar-refractivity contribution in [3.8, 4) is 11.5 Å². The normalized spacial score (nSPS) is 17.6. The molecule has 1 saturated heterocycles. The monoisotopic (exact) mass is 472 g/mol. The van der Waals surface area contributed by atoms with Crippen LogP contribution in [-0.2, 0) is 9.59 Å². The first kappa shape index (κ1) is 24.6. The molecule has 0 radical (unpaired) electrons. The summed E-state index contributed by atoms with van der Waals surface area (Å²) in [5.74, 6) is -0.728. The Morgan fingerprint density at radius 1 is 1.03 bits per heavy atom. The van der Waals surface area contributed by atoms with Gasteiger partial charge in [-0.1, -0.05) is 37.6 Å².